The molecule has 1 fully saturated rings. The lowest BCUT2D eigenvalue weighted by molar-refractivity contribution is -0.121. The number of nitrogens with two attached hydrogens (primary N) is 1. The number of hydrogen-bond donors (Lipinski definition) is 3. The molecule has 0 radical (unpaired) electrons. The van der Waals surface area contributed by atoms with E-state index in [1.807, 2.05) is 10.6 Å². The summed E-state index contributed by atoms with van der Waals surface area (Å²) in [7, 11) is 0. The molecule has 1 aliphatic heterocycles. The maximum absolute atomic E-state index is 10.7. The summed E-state index contributed by atoms with van der Waals surface area (Å²) in [4.78, 5) is 31.2. The lowest BCUT2D eigenvalue weighted by atomic mass is 10.2. The summed E-state index contributed by atoms with van der Waals surface area (Å²) >= 11 is 0. The third kappa shape index (κ3) is 1.26. The van der Waals surface area contributed by atoms with E-state index in [0.717, 1.165) is 0 Å². The lowest BCUT2D eigenvalue weighted by Gasteiger charge is -2.18. The highest BCUT2D eigenvalue weighted by Crippen LogP contribution is 1.95. The van der Waals surface area contributed by atoms with Crippen molar-refractivity contribution in [1.29, 1.82) is 0 Å². The smallest absolute Gasteiger partial charge is 0.314 e. The average Bonchev–Trinajstić information content (AvgIpc) is 1.96. The van der Waals surface area contributed by atoms with Gasteiger partial charge in [-0.05, 0) is 0 Å². The van der Waals surface area contributed by atoms with Crippen LogP contribution in [0.15, 0.2) is 5.70 Å². The Morgan fingerprint density at radius 3 is 2.55 bits per heavy atom. The van der Waals surface area contributed by atoms with Crippen molar-refractivity contribution in [3.8, 4) is 0 Å². The van der Waals surface area contributed by atoms with Crippen molar-refractivity contribution in [1.82, 2.24) is 10.6 Å². The summed E-state index contributed by atoms with van der Waals surface area (Å²) in [6, 6.07) is -1.87. The van der Waals surface area contributed by atoms with Gasteiger partial charge in [0.1, 0.15) is 17.7 Å². The third-order valence-corrected chi connectivity index (χ3v) is 1.19. The van der Waals surface area contributed by atoms with Gasteiger partial charge >= 0.3 is 6.03 Å². The summed E-state index contributed by atoms with van der Waals surface area (Å²) in [5, 5.41) is 3.92. The van der Waals surface area contributed by atoms with Crippen LogP contribution in [-0.2, 0) is 9.59 Å². The summed E-state index contributed by atoms with van der Waals surface area (Å²) in [5.41, 5.74) is 4.93. The van der Waals surface area contributed by atoms with Crippen LogP contribution >= 0.6 is 0 Å². The van der Waals surface area contributed by atoms with E-state index in [-0.39, 0.29) is 5.70 Å². The van der Waals surface area contributed by atoms with Gasteiger partial charge in [0.05, 0.1) is 0 Å². The van der Waals surface area contributed by atoms with Crippen LogP contribution in [0.4, 0.5) is 4.79 Å². The molecule has 11 heavy (non-hydrogen) atoms. The standard InChI is InChI=1S/C5H5N3O3/c6-3-2(1-9)7-5(11)8-4(3)10/h3H,6H2,(H2,7,8,10,11). The Labute approximate surface area is 61.4 Å². The van der Waals surface area contributed by atoms with Crippen molar-refractivity contribution >= 4 is 17.9 Å². The molecule has 6 heteroatoms. The number of urea groups is 1. The fourth-order valence-electron chi connectivity index (χ4n) is 0.641. The van der Waals surface area contributed by atoms with E-state index in [1.54, 1.807) is 0 Å². The topological polar surface area (TPSA) is 101 Å². The lowest BCUT2D eigenvalue weighted by Crippen LogP contribution is -2.57. The van der Waals surface area contributed by atoms with Gasteiger partial charge in [0.2, 0.25) is 0 Å². The second-order valence-electron chi connectivity index (χ2n) is 1.94. The predicted molar refractivity (Wildman–Crippen MR) is 33.9 cm³/mol. The first-order valence-electron chi connectivity index (χ1n) is 2.77. The summed E-state index contributed by atoms with van der Waals surface area (Å²) in [5.74, 6) is 0.662. The zero-order valence-corrected chi connectivity index (χ0v) is 5.38. The first-order chi connectivity index (χ1) is 5.15. The van der Waals surface area contributed by atoms with Gasteiger partial charge in [-0.2, -0.15) is 0 Å². The normalized spacial score (nSPS) is 23.7. The van der Waals surface area contributed by atoms with Crippen LogP contribution in [0.1, 0.15) is 0 Å². The minimum absolute atomic E-state index is 0.237. The molecule has 1 heterocycles. The quantitative estimate of drug-likeness (QED) is 0.348. The Kier molecular flexibility index (Phi) is 1.72. The van der Waals surface area contributed by atoms with Crippen molar-refractivity contribution in [2.24, 2.45) is 5.73 Å². The van der Waals surface area contributed by atoms with Gasteiger partial charge in [-0.3, -0.25) is 15.4 Å². The first-order valence-corrected chi connectivity index (χ1v) is 2.77. The largest absolute Gasteiger partial charge is 0.326 e. The highest BCUT2D eigenvalue weighted by atomic mass is 16.2. The number of amides is 3. The van der Waals surface area contributed by atoms with E-state index in [0.29, 0.717) is 0 Å². The number of rotatable bonds is 0. The molecule has 3 amide bonds. The van der Waals surface area contributed by atoms with Gasteiger partial charge in [0, 0.05) is 0 Å². The zero-order chi connectivity index (χ0) is 8.43. The van der Waals surface area contributed by atoms with Crippen molar-refractivity contribution < 1.29 is 14.4 Å². The number of carbonyl (C=O) groups is 2. The molecular formula is C5H5N3O3. The minimum Gasteiger partial charge on any atom is -0.314 e. The molecule has 1 rings (SSSR count). The van der Waals surface area contributed by atoms with E-state index in [1.165, 1.54) is 5.94 Å². The summed E-state index contributed by atoms with van der Waals surface area (Å²) in [6.45, 7) is 0. The Bertz CT molecular complexity index is 266. The fraction of sp³-hybridized carbons (Fsp3) is 0.200. The molecule has 0 aromatic heterocycles. The van der Waals surface area contributed by atoms with Crippen LogP contribution in [0.25, 0.3) is 0 Å². The molecule has 1 atom stereocenters. The molecule has 6 nitrogen and oxygen atoms in total. The highest BCUT2D eigenvalue weighted by molar-refractivity contribution is 6.04. The van der Waals surface area contributed by atoms with Crippen LogP contribution in [-0.4, -0.2) is 23.9 Å². The molecule has 0 aliphatic carbocycles. The van der Waals surface area contributed by atoms with E-state index < -0.39 is 18.0 Å². The monoisotopic (exact) mass is 155 g/mol. The second-order valence-corrected chi connectivity index (χ2v) is 1.94. The molecule has 4 N–H and O–H groups in total. The number of nitrogens with one attached hydrogen (secondary N) is 2. The molecule has 1 unspecified atom stereocenters. The molecule has 0 aromatic carbocycles. The van der Waals surface area contributed by atoms with Crippen LogP contribution < -0.4 is 16.4 Å². The van der Waals surface area contributed by atoms with Gasteiger partial charge in [0.25, 0.3) is 5.91 Å². The van der Waals surface area contributed by atoms with Gasteiger partial charge < -0.3 is 5.73 Å². The maximum atomic E-state index is 10.7. The van der Waals surface area contributed by atoms with Crippen LogP contribution in [0.3, 0.4) is 0 Å². The number of hydrogen-bond acceptors (Lipinski definition) is 4. The fourth-order valence-corrected chi connectivity index (χ4v) is 0.641. The molecule has 1 aliphatic rings. The van der Waals surface area contributed by atoms with Gasteiger partial charge in [-0.1, -0.05) is 0 Å². The van der Waals surface area contributed by atoms with Crippen LogP contribution in [0.5, 0.6) is 0 Å². The average molecular weight is 155 g/mol. The number of carbonyl (C=O) groups excluding carboxylic acids is 3. The van der Waals surface area contributed by atoms with Crippen molar-refractivity contribution in [3.05, 3.63) is 5.70 Å². The summed E-state index contributed by atoms with van der Waals surface area (Å²) in [6.07, 6.45) is 0. The predicted octanol–water partition coefficient (Wildman–Crippen LogP) is -2.13. The molecular weight excluding hydrogens is 150 g/mol. The minimum atomic E-state index is -1.12. The Morgan fingerprint density at radius 1 is 1.36 bits per heavy atom. The SMILES string of the molecule is NC1C(=O)NC(=O)NC1=C=O. The maximum Gasteiger partial charge on any atom is 0.326 e. The van der Waals surface area contributed by atoms with Crippen molar-refractivity contribution in [2.75, 3.05) is 0 Å². The van der Waals surface area contributed by atoms with Gasteiger partial charge in [-0.15, -0.1) is 0 Å². The second kappa shape index (κ2) is 2.53. The molecule has 0 bridgehead atoms. The van der Waals surface area contributed by atoms with Gasteiger partial charge in [-0.25, -0.2) is 9.59 Å². The molecule has 58 valence electrons. The Morgan fingerprint density at radius 2 is 2.00 bits per heavy atom. The molecule has 0 saturated carbocycles. The van der Waals surface area contributed by atoms with Crippen molar-refractivity contribution in [3.63, 3.8) is 0 Å². The highest BCUT2D eigenvalue weighted by Gasteiger charge is 2.28. The van der Waals surface area contributed by atoms with E-state index in [4.69, 9.17) is 5.73 Å². The molecule has 1 saturated heterocycles. The van der Waals surface area contributed by atoms with Gasteiger partial charge in [0.15, 0.2) is 0 Å². The number of imide groups is 1. The molecule has 0 spiro atoms. The van der Waals surface area contributed by atoms with Crippen LogP contribution in [0.2, 0.25) is 0 Å². The molecule has 0 aromatic rings. The third-order valence-electron chi connectivity index (χ3n) is 1.19. The first kappa shape index (κ1) is 7.46. The zero-order valence-electron chi connectivity index (χ0n) is 5.38. The van der Waals surface area contributed by atoms with E-state index in [2.05, 4.69) is 0 Å². The van der Waals surface area contributed by atoms with Crippen molar-refractivity contribution in [2.45, 2.75) is 6.04 Å². The van der Waals surface area contributed by atoms with E-state index in [9.17, 15) is 14.4 Å². The Balaban J connectivity index is 2.92. The van der Waals surface area contributed by atoms with Crippen LogP contribution in [0, 0.1) is 0 Å². The van der Waals surface area contributed by atoms with E-state index >= 15 is 0 Å². The Hall–Kier alpha value is -1.65. The summed E-state index contributed by atoms with van der Waals surface area (Å²) < 4.78 is 0.